The van der Waals surface area contributed by atoms with E-state index < -0.39 is 0 Å². The predicted molar refractivity (Wildman–Crippen MR) is 54.6 cm³/mol. The van der Waals surface area contributed by atoms with E-state index in [9.17, 15) is 0 Å². The first-order valence-corrected chi connectivity index (χ1v) is 4.51. The molecule has 0 aliphatic carbocycles. The fraction of sp³-hybridized carbons (Fsp3) is 0.167. The van der Waals surface area contributed by atoms with Gasteiger partial charge in [-0.3, -0.25) is 0 Å². The van der Waals surface area contributed by atoms with Gasteiger partial charge in [-0.15, -0.1) is 0 Å². The molecule has 0 bridgehead atoms. The lowest BCUT2D eigenvalue weighted by Gasteiger charge is -1.99. The summed E-state index contributed by atoms with van der Waals surface area (Å²) >= 11 is 0. The lowest BCUT2D eigenvalue weighted by Crippen LogP contribution is -3.00. The minimum absolute atomic E-state index is 0. The Morgan fingerprint density at radius 2 is 2.00 bits per heavy atom. The van der Waals surface area contributed by atoms with Crippen LogP contribution in [0.15, 0.2) is 30.5 Å². The molecule has 0 spiro atoms. The van der Waals surface area contributed by atoms with Crippen LogP contribution in [0.4, 0.5) is 0 Å². The molecule has 1 aromatic carbocycles. The zero-order valence-electron chi connectivity index (χ0n) is 8.66. The van der Waals surface area contributed by atoms with Crippen LogP contribution < -0.4 is 28.5 Å². The number of halogens is 1. The summed E-state index contributed by atoms with van der Waals surface area (Å²) in [5, 5.41) is 9.98. The normalized spacial score (nSPS) is 9.40. The van der Waals surface area contributed by atoms with E-state index in [4.69, 9.17) is 5.26 Å². The van der Waals surface area contributed by atoms with Crippen molar-refractivity contribution in [1.29, 1.82) is 5.26 Å². The Hall–Kier alpha value is -1.15. The topological polar surface area (TPSA) is 27.7 Å². The van der Waals surface area contributed by atoms with E-state index in [1.807, 2.05) is 42.9 Å². The summed E-state index contributed by atoms with van der Waals surface area (Å²) in [5.74, 6) is 0. The number of benzene rings is 1. The molecule has 0 fully saturated rings. The zero-order valence-corrected chi connectivity index (χ0v) is 10.8. The first-order valence-electron chi connectivity index (χ1n) is 4.51. The molecular formula is C12H11IN2. The highest BCUT2D eigenvalue weighted by molar-refractivity contribution is 5.82. The summed E-state index contributed by atoms with van der Waals surface area (Å²) in [6.07, 6.45) is 1.91. The van der Waals surface area contributed by atoms with Gasteiger partial charge in [0.1, 0.15) is 13.1 Å². The van der Waals surface area contributed by atoms with E-state index >= 15 is 0 Å². The largest absolute Gasteiger partial charge is 1.00 e. The summed E-state index contributed by atoms with van der Waals surface area (Å²) in [6.45, 7) is 2.04. The standard InChI is InChI=1S/C12H11N2.HI/c1-9-3-4-12-11(7-9)10(8-13)5-6-14(12)2;/h3-7H,1-2H3;1H/q+1;/p-1. The second-order valence-electron chi connectivity index (χ2n) is 3.47. The number of hydrogen-bond acceptors (Lipinski definition) is 1. The number of rotatable bonds is 0. The van der Waals surface area contributed by atoms with E-state index in [0.717, 1.165) is 16.5 Å². The van der Waals surface area contributed by atoms with Crippen molar-refractivity contribution in [3.63, 3.8) is 0 Å². The predicted octanol–water partition coefficient (Wildman–Crippen LogP) is -1.15. The molecule has 0 amide bonds. The maximum atomic E-state index is 8.96. The van der Waals surface area contributed by atoms with Crippen molar-refractivity contribution in [2.75, 3.05) is 0 Å². The van der Waals surface area contributed by atoms with Crippen molar-refractivity contribution in [3.8, 4) is 6.07 Å². The second kappa shape index (κ2) is 4.58. The van der Waals surface area contributed by atoms with Gasteiger partial charge < -0.3 is 24.0 Å². The fourth-order valence-electron chi connectivity index (χ4n) is 1.63. The molecular weight excluding hydrogens is 299 g/mol. The van der Waals surface area contributed by atoms with Gasteiger partial charge in [0.2, 0.25) is 5.52 Å². The van der Waals surface area contributed by atoms with Gasteiger partial charge in [0.05, 0.1) is 10.9 Å². The van der Waals surface area contributed by atoms with Crippen molar-refractivity contribution >= 4 is 10.9 Å². The van der Waals surface area contributed by atoms with E-state index in [2.05, 4.69) is 12.1 Å². The van der Waals surface area contributed by atoms with Crippen LogP contribution in [0.1, 0.15) is 11.1 Å². The van der Waals surface area contributed by atoms with Gasteiger partial charge in [0.25, 0.3) is 0 Å². The number of nitrogens with zero attached hydrogens (tertiary/aromatic N) is 2. The van der Waals surface area contributed by atoms with E-state index in [1.54, 1.807) is 0 Å². The highest BCUT2D eigenvalue weighted by Crippen LogP contribution is 2.15. The molecule has 2 aromatic rings. The molecule has 15 heavy (non-hydrogen) atoms. The first kappa shape index (κ1) is 11.9. The van der Waals surface area contributed by atoms with Crippen LogP contribution in [0.5, 0.6) is 0 Å². The Kier molecular flexibility index (Phi) is 3.64. The average Bonchev–Trinajstić information content (AvgIpc) is 2.18. The van der Waals surface area contributed by atoms with E-state index in [-0.39, 0.29) is 24.0 Å². The third kappa shape index (κ3) is 2.10. The Bertz CT molecular complexity index is 541. The van der Waals surface area contributed by atoms with Crippen molar-refractivity contribution in [2.45, 2.75) is 6.92 Å². The van der Waals surface area contributed by atoms with Gasteiger partial charge in [-0.2, -0.15) is 5.26 Å². The molecule has 0 aliphatic heterocycles. The third-order valence-corrected chi connectivity index (χ3v) is 2.41. The molecule has 3 heteroatoms. The summed E-state index contributed by atoms with van der Waals surface area (Å²) in [7, 11) is 1.98. The second-order valence-corrected chi connectivity index (χ2v) is 3.47. The molecule has 2 rings (SSSR count). The van der Waals surface area contributed by atoms with Crippen LogP contribution >= 0.6 is 0 Å². The monoisotopic (exact) mass is 310 g/mol. The molecule has 0 N–H and O–H groups in total. The number of aryl methyl sites for hydroxylation is 2. The molecule has 76 valence electrons. The highest BCUT2D eigenvalue weighted by atomic mass is 127. The van der Waals surface area contributed by atoms with E-state index in [0.29, 0.717) is 0 Å². The first-order chi connectivity index (χ1) is 6.72. The number of aromatic nitrogens is 1. The lowest BCUT2D eigenvalue weighted by atomic mass is 10.1. The Morgan fingerprint density at radius 3 is 2.67 bits per heavy atom. The molecule has 0 unspecified atom stereocenters. The van der Waals surface area contributed by atoms with Gasteiger partial charge in [0, 0.05) is 12.1 Å². The molecule has 2 nitrogen and oxygen atoms in total. The van der Waals surface area contributed by atoms with Crippen LogP contribution in [0.25, 0.3) is 10.9 Å². The lowest BCUT2D eigenvalue weighted by molar-refractivity contribution is -0.644. The van der Waals surface area contributed by atoms with Crippen LogP contribution in [0.3, 0.4) is 0 Å². The Morgan fingerprint density at radius 1 is 1.27 bits per heavy atom. The van der Waals surface area contributed by atoms with Crippen molar-refractivity contribution in [2.24, 2.45) is 7.05 Å². The average molecular weight is 310 g/mol. The van der Waals surface area contributed by atoms with Crippen LogP contribution in [-0.4, -0.2) is 0 Å². The molecule has 0 aliphatic rings. The molecule has 1 heterocycles. The molecule has 0 radical (unpaired) electrons. The molecule has 0 atom stereocenters. The highest BCUT2D eigenvalue weighted by Gasteiger charge is 2.08. The summed E-state index contributed by atoms with van der Waals surface area (Å²) < 4.78 is 2.02. The minimum atomic E-state index is 0. The number of nitriles is 1. The zero-order chi connectivity index (χ0) is 10.1. The summed E-state index contributed by atoms with van der Waals surface area (Å²) in [5.41, 5.74) is 3.01. The molecule has 0 saturated carbocycles. The Labute approximate surface area is 106 Å². The smallest absolute Gasteiger partial charge is 0.213 e. The summed E-state index contributed by atoms with van der Waals surface area (Å²) in [4.78, 5) is 0. The van der Waals surface area contributed by atoms with Gasteiger partial charge in [-0.25, -0.2) is 4.57 Å². The number of hydrogen-bond donors (Lipinski definition) is 0. The van der Waals surface area contributed by atoms with Crippen LogP contribution in [0, 0.1) is 18.3 Å². The van der Waals surface area contributed by atoms with E-state index in [1.165, 1.54) is 5.56 Å². The molecule has 0 saturated heterocycles. The van der Waals surface area contributed by atoms with Crippen molar-refractivity contribution in [1.82, 2.24) is 0 Å². The number of pyridine rings is 1. The van der Waals surface area contributed by atoms with Crippen LogP contribution in [-0.2, 0) is 7.05 Å². The maximum Gasteiger partial charge on any atom is 0.213 e. The molecule has 1 aromatic heterocycles. The summed E-state index contributed by atoms with van der Waals surface area (Å²) in [6, 6.07) is 10.2. The maximum absolute atomic E-state index is 8.96. The van der Waals surface area contributed by atoms with Gasteiger partial charge in [0.15, 0.2) is 6.20 Å². The van der Waals surface area contributed by atoms with Crippen LogP contribution in [0.2, 0.25) is 0 Å². The Balaban J connectivity index is 0.00000112. The van der Waals surface area contributed by atoms with Gasteiger partial charge in [-0.1, -0.05) is 6.07 Å². The quantitative estimate of drug-likeness (QED) is 0.446. The third-order valence-electron chi connectivity index (χ3n) is 2.41. The number of fused-ring (bicyclic) bond motifs is 1. The van der Waals surface area contributed by atoms with Gasteiger partial charge >= 0.3 is 0 Å². The van der Waals surface area contributed by atoms with Crippen molar-refractivity contribution < 1.29 is 28.5 Å². The van der Waals surface area contributed by atoms with Gasteiger partial charge in [-0.05, 0) is 18.6 Å². The minimum Gasteiger partial charge on any atom is -1.00 e. The SMILES string of the molecule is Cc1ccc2c(c1)c(C#N)cc[n+]2C.[I-]. The van der Waals surface area contributed by atoms with Crippen molar-refractivity contribution in [3.05, 3.63) is 41.6 Å². The fourth-order valence-corrected chi connectivity index (χ4v) is 1.63.